The Hall–Kier alpha value is -7.66. The summed E-state index contributed by atoms with van der Waals surface area (Å²) in [6.07, 6.45) is 0. The second-order valence-electron chi connectivity index (χ2n) is 13.5. The molecule has 250 valence electrons. The smallest absolute Gasteiger partial charge is 0.188 e. The molecule has 54 heavy (non-hydrogen) atoms. The molecule has 0 bridgehead atoms. The van der Waals surface area contributed by atoms with E-state index >= 15 is 0 Å². The zero-order valence-electron chi connectivity index (χ0n) is 29.1. The molecule has 0 fully saturated rings. The van der Waals surface area contributed by atoms with Crippen molar-refractivity contribution in [3.63, 3.8) is 0 Å². The van der Waals surface area contributed by atoms with E-state index in [4.69, 9.17) is 6.57 Å². The Morgan fingerprint density at radius 1 is 0.426 bits per heavy atom. The molecule has 0 aliphatic carbocycles. The molecule has 0 N–H and O–H groups in total. The molecule has 4 heteroatoms. The van der Waals surface area contributed by atoms with E-state index in [0.29, 0.717) is 11.3 Å². The molecular weight excluding hydrogens is 657 g/mol. The lowest BCUT2D eigenvalue weighted by atomic mass is 9.92. The Bertz CT molecular complexity index is 3050. The fourth-order valence-electron chi connectivity index (χ4n) is 8.18. The van der Waals surface area contributed by atoms with Crippen LogP contribution in [0.4, 0.5) is 5.69 Å². The lowest BCUT2D eigenvalue weighted by Crippen LogP contribution is -2.03. The van der Waals surface area contributed by atoms with Gasteiger partial charge in [-0.1, -0.05) is 127 Å². The maximum absolute atomic E-state index is 9.91. The summed E-state index contributed by atoms with van der Waals surface area (Å²) in [4.78, 5) is 3.76. The predicted molar refractivity (Wildman–Crippen MR) is 222 cm³/mol. The van der Waals surface area contributed by atoms with Gasteiger partial charge in [-0.15, -0.1) is 0 Å². The highest BCUT2D eigenvalue weighted by atomic mass is 15.0. The van der Waals surface area contributed by atoms with Gasteiger partial charge >= 0.3 is 0 Å². The van der Waals surface area contributed by atoms with Crippen LogP contribution in [-0.4, -0.2) is 9.13 Å². The summed E-state index contributed by atoms with van der Waals surface area (Å²) in [6.45, 7) is 7.79. The zero-order valence-corrected chi connectivity index (χ0v) is 29.1. The summed E-state index contributed by atoms with van der Waals surface area (Å²) in [6, 6.07) is 65.9. The summed E-state index contributed by atoms with van der Waals surface area (Å²) < 4.78 is 4.74. The number of para-hydroxylation sites is 3. The third-order valence-electron chi connectivity index (χ3n) is 10.6. The average molecular weight is 687 g/mol. The van der Waals surface area contributed by atoms with Crippen LogP contribution in [0.5, 0.6) is 0 Å². The van der Waals surface area contributed by atoms with Crippen molar-refractivity contribution >= 4 is 49.3 Å². The highest BCUT2D eigenvalue weighted by Crippen LogP contribution is 2.45. The van der Waals surface area contributed by atoms with Crippen LogP contribution < -0.4 is 0 Å². The van der Waals surface area contributed by atoms with Crippen molar-refractivity contribution in [2.45, 2.75) is 0 Å². The Labute approximate surface area is 312 Å². The number of nitriles is 1. The quantitative estimate of drug-likeness (QED) is 0.166. The number of fused-ring (bicyclic) bond motifs is 6. The minimum atomic E-state index is 0.563. The average Bonchev–Trinajstić information content (AvgIpc) is 3.75. The van der Waals surface area contributed by atoms with Gasteiger partial charge in [0.05, 0.1) is 51.6 Å². The van der Waals surface area contributed by atoms with E-state index in [2.05, 4.69) is 160 Å². The van der Waals surface area contributed by atoms with E-state index in [1.807, 2.05) is 42.5 Å². The van der Waals surface area contributed by atoms with Gasteiger partial charge in [0.15, 0.2) is 5.69 Å². The summed E-state index contributed by atoms with van der Waals surface area (Å²) >= 11 is 0. The Morgan fingerprint density at radius 2 is 1.02 bits per heavy atom. The molecule has 0 spiro atoms. The van der Waals surface area contributed by atoms with Gasteiger partial charge in [0.1, 0.15) is 0 Å². The van der Waals surface area contributed by atoms with E-state index in [1.54, 1.807) is 0 Å². The minimum Gasteiger partial charge on any atom is -0.309 e. The van der Waals surface area contributed by atoms with Crippen molar-refractivity contribution in [3.8, 4) is 50.8 Å². The SMILES string of the molecule is [C-]#[N+]c1ccc2c(c1)c1cc(C#N)ccc1n2-c1ccc(-c2ccccc2)cc1-c1cccc(-c2ccccc2)c1-n1c2ccccc2c2ccccc21. The summed E-state index contributed by atoms with van der Waals surface area (Å²) in [5, 5.41) is 14.2. The van der Waals surface area contributed by atoms with E-state index in [0.717, 1.165) is 77.6 Å². The third-order valence-corrected chi connectivity index (χ3v) is 10.6. The lowest BCUT2D eigenvalue weighted by Gasteiger charge is -2.22. The Morgan fingerprint density at radius 3 is 1.70 bits per heavy atom. The van der Waals surface area contributed by atoms with Crippen molar-refractivity contribution in [1.82, 2.24) is 9.13 Å². The van der Waals surface area contributed by atoms with Crippen molar-refractivity contribution in [3.05, 3.63) is 199 Å². The van der Waals surface area contributed by atoms with Gasteiger partial charge in [0, 0.05) is 32.8 Å². The highest BCUT2D eigenvalue weighted by molar-refractivity contribution is 6.13. The van der Waals surface area contributed by atoms with Gasteiger partial charge in [0.2, 0.25) is 0 Å². The molecule has 0 atom stereocenters. The standard InChI is InChI=1S/C50H30N4/c1-52-37-25-28-49-44(31-37)42-29-33(32-51)23-26-47(42)53(49)48-27-24-36(34-13-4-2-5-14-34)30-43(48)41-20-12-19-38(35-15-6-3-7-16-35)50(41)54-45-21-10-8-17-39(45)40-18-9-11-22-46(40)54/h2-31H. The summed E-state index contributed by atoms with van der Waals surface area (Å²) in [5.74, 6) is 0. The minimum absolute atomic E-state index is 0.563. The second kappa shape index (κ2) is 12.5. The number of hydrogen-bond donors (Lipinski definition) is 0. The molecule has 0 unspecified atom stereocenters. The maximum atomic E-state index is 9.91. The number of benzene rings is 8. The van der Waals surface area contributed by atoms with Gasteiger partial charge in [0.25, 0.3) is 0 Å². The van der Waals surface area contributed by atoms with Gasteiger partial charge in [-0.05, 0) is 76.7 Å². The van der Waals surface area contributed by atoms with Crippen LogP contribution in [0.1, 0.15) is 5.56 Å². The first-order valence-electron chi connectivity index (χ1n) is 17.9. The molecule has 10 rings (SSSR count). The molecule has 0 saturated heterocycles. The molecule has 0 aliphatic rings. The Balaban J connectivity index is 1.38. The fraction of sp³-hybridized carbons (Fsp3) is 0. The van der Waals surface area contributed by atoms with Gasteiger partial charge in [-0.25, -0.2) is 4.85 Å². The van der Waals surface area contributed by atoms with Crippen molar-refractivity contribution < 1.29 is 0 Å². The topological polar surface area (TPSA) is 38.0 Å². The maximum Gasteiger partial charge on any atom is 0.188 e. The van der Waals surface area contributed by atoms with E-state index in [1.165, 1.54) is 10.8 Å². The van der Waals surface area contributed by atoms with Crippen LogP contribution in [0, 0.1) is 17.9 Å². The molecule has 0 aliphatic heterocycles. The number of hydrogen-bond acceptors (Lipinski definition) is 1. The zero-order chi connectivity index (χ0) is 36.2. The predicted octanol–water partition coefficient (Wildman–Crippen LogP) is 13.3. The molecule has 8 aromatic carbocycles. The second-order valence-corrected chi connectivity index (χ2v) is 13.5. The first-order valence-corrected chi connectivity index (χ1v) is 17.9. The first kappa shape index (κ1) is 31.1. The molecule has 10 aromatic rings. The molecule has 2 heterocycles. The normalized spacial score (nSPS) is 11.3. The van der Waals surface area contributed by atoms with Gasteiger partial charge in [-0.3, -0.25) is 0 Å². The largest absolute Gasteiger partial charge is 0.309 e. The number of nitrogens with zero attached hydrogens (tertiary/aromatic N) is 4. The molecule has 0 amide bonds. The van der Waals surface area contributed by atoms with E-state index < -0.39 is 0 Å². The molecular formula is C50H30N4. The first-order chi connectivity index (χ1) is 26.7. The van der Waals surface area contributed by atoms with Crippen LogP contribution in [0.25, 0.3) is 93.2 Å². The number of rotatable bonds is 5. The van der Waals surface area contributed by atoms with Crippen molar-refractivity contribution in [2.24, 2.45) is 0 Å². The van der Waals surface area contributed by atoms with Crippen LogP contribution in [0.15, 0.2) is 182 Å². The van der Waals surface area contributed by atoms with Crippen molar-refractivity contribution in [1.29, 1.82) is 5.26 Å². The fourth-order valence-corrected chi connectivity index (χ4v) is 8.18. The Kier molecular flexibility index (Phi) is 7.22. The summed E-state index contributed by atoms with van der Waals surface area (Å²) in [7, 11) is 0. The molecule has 4 nitrogen and oxygen atoms in total. The molecule has 0 radical (unpaired) electrons. The van der Waals surface area contributed by atoms with E-state index in [-0.39, 0.29) is 0 Å². The molecule has 0 saturated carbocycles. The van der Waals surface area contributed by atoms with Crippen LogP contribution >= 0.6 is 0 Å². The van der Waals surface area contributed by atoms with Gasteiger partial charge < -0.3 is 9.13 Å². The molecule has 2 aromatic heterocycles. The van der Waals surface area contributed by atoms with Crippen LogP contribution in [-0.2, 0) is 0 Å². The summed E-state index contributed by atoms with van der Waals surface area (Å²) in [5.41, 5.74) is 14.1. The lowest BCUT2D eigenvalue weighted by molar-refractivity contribution is 1.16. The van der Waals surface area contributed by atoms with Crippen LogP contribution in [0.3, 0.4) is 0 Å². The number of aromatic nitrogens is 2. The van der Waals surface area contributed by atoms with Crippen LogP contribution in [0.2, 0.25) is 0 Å². The van der Waals surface area contributed by atoms with E-state index in [9.17, 15) is 5.26 Å². The van der Waals surface area contributed by atoms with Crippen molar-refractivity contribution in [2.75, 3.05) is 0 Å². The third kappa shape index (κ3) is 4.83. The monoisotopic (exact) mass is 686 g/mol. The van der Waals surface area contributed by atoms with Gasteiger partial charge in [-0.2, -0.15) is 5.26 Å². The highest BCUT2D eigenvalue weighted by Gasteiger charge is 2.23.